The van der Waals surface area contributed by atoms with Crippen LogP contribution in [0.5, 0.6) is 0 Å². The molecule has 2 aromatic carbocycles. The maximum absolute atomic E-state index is 4.43. The molecule has 23 heavy (non-hydrogen) atoms. The SMILES string of the molecule is C=CCSc1nnc(Cc2ccccc2)n1-c1cccc(C)c1. The smallest absolute Gasteiger partial charge is 0.196 e. The van der Waals surface area contributed by atoms with Crippen molar-refractivity contribution in [2.24, 2.45) is 0 Å². The Balaban J connectivity index is 2.02. The summed E-state index contributed by atoms with van der Waals surface area (Å²) < 4.78 is 2.15. The van der Waals surface area contributed by atoms with Crippen molar-refractivity contribution >= 4 is 11.8 Å². The van der Waals surface area contributed by atoms with Gasteiger partial charge in [-0.3, -0.25) is 4.57 Å². The lowest BCUT2D eigenvalue weighted by Gasteiger charge is -2.10. The first kappa shape index (κ1) is 15.6. The van der Waals surface area contributed by atoms with Crippen molar-refractivity contribution in [3.8, 4) is 5.69 Å². The molecule has 0 fully saturated rings. The van der Waals surface area contributed by atoms with Gasteiger partial charge in [0.25, 0.3) is 0 Å². The largest absolute Gasteiger partial charge is 0.274 e. The van der Waals surface area contributed by atoms with E-state index in [1.165, 1.54) is 11.1 Å². The lowest BCUT2D eigenvalue weighted by Crippen LogP contribution is -2.04. The number of aromatic nitrogens is 3. The van der Waals surface area contributed by atoms with Gasteiger partial charge in [-0.15, -0.1) is 16.8 Å². The van der Waals surface area contributed by atoms with Crippen molar-refractivity contribution in [3.05, 3.63) is 84.2 Å². The predicted molar refractivity (Wildman–Crippen MR) is 96.3 cm³/mol. The number of aryl methyl sites for hydroxylation is 1. The average molecular weight is 321 g/mol. The average Bonchev–Trinajstić information content (AvgIpc) is 2.96. The van der Waals surface area contributed by atoms with Crippen LogP contribution in [0, 0.1) is 6.92 Å². The molecule has 3 aromatic rings. The van der Waals surface area contributed by atoms with Crippen LogP contribution < -0.4 is 0 Å². The molecule has 0 saturated carbocycles. The number of benzene rings is 2. The van der Waals surface area contributed by atoms with Gasteiger partial charge in [-0.25, -0.2) is 0 Å². The summed E-state index contributed by atoms with van der Waals surface area (Å²) in [6, 6.07) is 18.8. The van der Waals surface area contributed by atoms with Gasteiger partial charge in [0.2, 0.25) is 0 Å². The molecule has 0 bridgehead atoms. The molecule has 0 radical (unpaired) electrons. The normalized spacial score (nSPS) is 10.7. The number of thioether (sulfide) groups is 1. The Kier molecular flexibility index (Phi) is 4.93. The van der Waals surface area contributed by atoms with Crippen LogP contribution >= 0.6 is 11.8 Å². The first-order valence-corrected chi connectivity index (χ1v) is 8.55. The Bertz CT molecular complexity index is 793. The summed E-state index contributed by atoms with van der Waals surface area (Å²) in [5, 5.41) is 9.72. The van der Waals surface area contributed by atoms with Crippen molar-refractivity contribution in [1.29, 1.82) is 0 Å². The van der Waals surface area contributed by atoms with Crippen LogP contribution in [0.4, 0.5) is 0 Å². The minimum atomic E-state index is 0.760. The summed E-state index contributed by atoms with van der Waals surface area (Å²) >= 11 is 1.65. The molecular weight excluding hydrogens is 302 g/mol. The van der Waals surface area contributed by atoms with E-state index in [0.29, 0.717) is 0 Å². The first-order chi connectivity index (χ1) is 11.3. The zero-order valence-corrected chi connectivity index (χ0v) is 14.0. The number of nitrogens with zero attached hydrogens (tertiary/aromatic N) is 3. The molecule has 116 valence electrons. The highest BCUT2D eigenvalue weighted by molar-refractivity contribution is 7.99. The van der Waals surface area contributed by atoms with Crippen LogP contribution in [-0.4, -0.2) is 20.5 Å². The van der Waals surface area contributed by atoms with Crippen molar-refractivity contribution in [3.63, 3.8) is 0 Å². The summed E-state index contributed by atoms with van der Waals surface area (Å²) in [6.07, 6.45) is 2.65. The summed E-state index contributed by atoms with van der Waals surface area (Å²) in [5.41, 5.74) is 3.56. The zero-order chi connectivity index (χ0) is 16.1. The summed E-state index contributed by atoms with van der Waals surface area (Å²) in [5.74, 6) is 1.77. The van der Waals surface area contributed by atoms with Crippen LogP contribution in [0.1, 0.15) is 17.0 Å². The molecule has 4 heteroatoms. The van der Waals surface area contributed by atoms with E-state index in [0.717, 1.165) is 28.8 Å². The van der Waals surface area contributed by atoms with Crippen LogP contribution in [0.15, 0.2) is 72.4 Å². The molecule has 0 aliphatic carbocycles. The molecule has 0 aliphatic rings. The minimum Gasteiger partial charge on any atom is -0.274 e. The zero-order valence-electron chi connectivity index (χ0n) is 13.1. The second-order valence-corrected chi connectivity index (χ2v) is 6.32. The van der Waals surface area contributed by atoms with Gasteiger partial charge in [0, 0.05) is 17.9 Å². The second-order valence-electron chi connectivity index (χ2n) is 5.34. The van der Waals surface area contributed by atoms with E-state index in [-0.39, 0.29) is 0 Å². The molecule has 0 saturated heterocycles. The highest BCUT2D eigenvalue weighted by atomic mass is 32.2. The van der Waals surface area contributed by atoms with Gasteiger partial charge in [0.15, 0.2) is 5.16 Å². The molecule has 0 amide bonds. The van der Waals surface area contributed by atoms with Crippen molar-refractivity contribution in [2.75, 3.05) is 5.75 Å². The van der Waals surface area contributed by atoms with Gasteiger partial charge in [0.05, 0.1) is 0 Å². The third-order valence-corrected chi connectivity index (χ3v) is 4.42. The molecule has 0 spiro atoms. The van der Waals surface area contributed by atoms with Crippen LogP contribution in [0.3, 0.4) is 0 Å². The second kappa shape index (κ2) is 7.29. The lowest BCUT2D eigenvalue weighted by molar-refractivity contribution is 0.848. The standard InChI is InChI=1S/C19H19N3S/c1-3-12-23-19-21-20-18(14-16-9-5-4-6-10-16)22(19)17-11-7-8-15(2)13-17/h3-11,13H,1,12,14H2,2H3. The lowest BCUT2D eigenvalue weighted by atomic mass is 10.1. The molecule has 3 nitrogen and oxygen atoms in total. The van der Waals surface area contributed by atoms with Crippen LogP contribution in [-0.2, 0) is 6.42 Å². The summed E-state index contributed by atoms with van der Waals surface area (Å²) in [4.78, 5) is 0. The Labute approximate surface area is 141 Å². The Hall–Kier alpha value is -2.33. The van der Waals surface area contributed by atoms with E-state index in [1.54, 1.807) is 11.8 Å². The van der Waals surface area contributed by atoms with Crippen LogP contribution in [0.25, 0.3) is 5.69 Å². The van der Waals surface area contributed by atoms with Gasteiger partial charge in [0.1, 0.15) is 5.82 Å². The molecule has 3 rings (SSSR count). The Morgan fingerprint density at radius 2 is 1.91 bits per heavy atom. The fourth-order valence-electron chi connectivity index (χ4n) is 2.45. The highest BCUT2D eigenvalue weighted by Crippen LogP contribution is 2.24. The Morgan fingerprint density at radius 1 is 1.09 bits per heavy atom. The molecule has 0 N–H and O–H groups in total. The van der Waals surface area contributed by atoms with E-state index in [2.05, 4.69) is 76.8 Å². The molecule has 1 heterocycles. The van der Waals surface area contributed by atoms with Gasteiger partial charge in [-0.1, -0.05) is 60.3 Å². The monoisotopic (exact) mass is 321 g/mol. The van der Waals surface area contributed by atoms with Gasteiger partial charge in [-0.2, -0.15) is 0 Å². The topological polar surface area (TPSA) is 30.7 Å². The number of hydrogen-bond acceptors (Lipinski definition) is 3. The van der Waals surface area contributed by atoms with Gasteiger partial charge < -0.3 is 0 Å². The first-order valence-electron chi connectivity index (χ1n) is 7.57. The Morgan fingerprint density at radius 3 is 2.65 bits per heavy atom. The minimum absolute atomic E-state index is 0.760. The number of hydrogen-bond donors (Lipinski definition) is 0. The van der Waals surface area contributed by atoms with Crippen molar-refractivity contribution < 1.29 is 0 Å². The predicted octanol–water partition coefficient (Wildman–Crippen LogP) is 4.44. The van der Waals surface area contributed by atoms with Gasteiger partial charge in [-0.05, 0) is 30.2 Å². The van der Waals surface area contributed by atoms with Crippen LogP contribution in [0.2, 0.25) is 0 Å². The van der Waals surface area contributed by atoms with E-state index >= 15 is 0 Å². The maximum atomic E-state index is 4.43. The third kappa shape index (κ3) is 3.71. The fourth-order valence-corrected chi connectivity index (χ4v) is 3.15. The highest BCUT2D eigenvalue weighted by Gasteiger charge is 2.14. The quantitative estimate of drug-likeness (QED) is 0.496. The summed E-state index contributed by atoms with van der Waals surface area (Å²) in [7, 11) is 0. The molecule has 0 atom stereocenters. The van der Waals surface area contributed by atoms with Crippen molar-refractivity contribution in [2.45, 2.75) is 18.5 Å². The summed E-state index contributed by atoms with van der Waals surface area (Å²) in [6.45, 7) is 5.89. The van der Waals surface area contributed by atoms with E-state index < -0.39 is 0 Å². The fraction of sp³-hybridized carbons (Fsp3) is 0.158. The number of rotatable bonds is 6. The molecule has 0 aliphatic heterocycles. The van der Waals surface area contributed by atoms with E-state index in [4.69, 9.17) is 0 Å². The van der Waals surface area contributed by atoms with E-state index in [9.17, 15) is 0 Å². The van der Waals surface area contributed by atoms with E-state index in [1.807, 2.05) is 12.1 Å². The third-order valence-electron chi connectivity index (χ3n) is 3.50. The molecule has 0 unspecified atom stereocenters. The molecular formula is C19H19N3S. The molecule has 1 aromatic heterocycles. The van der Waals surface area contributed by atoms with Crippen molar-refractivity contribution in [1.82, 2.24) is 14.8 Å². The van der Waals surface area contributed by atoms with Gasteiger partial charge >= 0.3 is 0 Å². The maximum Gasteiger partial charge on any atom is 0.196 e.